The predicted molar refractivity (Wildman–Crippen MR) is 40.5 cm³/mol. The molecule has 0 bridgehead atoms. The lowest BCUT2D eigenvalue weighted by Gasteiger charge is -2.16. The van der Waals surface area contributed by atoms with E-state index in [2.05, 4.69) is 26.1 Å². The summed E-state index contributed by atoms with van der Waals surface area (Å²) in [5, 5.41) is 3.55. The van der Waals surface area contributed by atoms with E-state index in [1.165, 1.54) is 12.8 Å². The van der Waals surface area contributed by atoms with E-state index in [4.69, 9.17) is 0 Å². The lowest BCUT2D eigenvalue weighted by Crippen LogP contribution is -2.32. The zero-order chi connectivity index (χ0) is 6.85. The maximum atomic E-state index is 3.55. The summed E-state index contributed by atoms with van der Waals surface area (Å²) < 4.78 is 0. The van der Waals surface area contributed by atoms with Crippen LogP contribution in [0.3, 0.4) is 0 Å². The molecule has 1 nitrogen and oxygen atoms in total. The predicted octanol–water partition coefficient (Wildman–Crippen LogP) is 1.78. The highest BCUT2D eigenvalue weighted by molar-refractivity contribution is 4.84. The highest BCUT2D eigenvalue weighted by Gasteiger charge is 2.23. The first-order valence-corrected chi connectivity index (χ1v) is 3.96. The highest BCUT2D eigenvalue weighted by Crippen LogP contribution is 2.20. The summed E-state index contributed by atoms with van der Waals surface area (Å²) in [6, 6.07) is 1.57. The molecule has 0 saturated heterocycles. The summed E-state index contributed by atoms with van der Waals surface area (Å²) in [4.78, 5) is 0. The van der Waals surface area contributed by atoms with Crippen LogP contribution in [0.25, 0.3) is 0 Å². The standard InChI is InChI=1S/C8H17N/c1-6(2)7(3)9-8-4-5-8/h6-9H,4-5H2,1-3H3/t7-/m1/s1. The molecule has 1 heteroatoms. The van der Waals surface area contributed by atoms with Gasteiger partial charge < -0.3 is 5.32 Å². The Bertz CT molecular complexity index is 84.6. The summed E-state index contributed by atoms with van der Waals surface area (Å²) in [5.41, 5.74) is 0. The molecule has 0 radical (unpaired) electrons. The lowest BCUT2D eigenvalue weighted by molar-refractivity contribution is 0.425. The van der Waals surface area contributed by atoms with Crippen LogP contribution in [0.5, 0.6) is 0 Å². The van der Waals surface area contributed by atoms with Crippen LogP contribution in [0, 0.1) is 5.92 Å². The maximum absolute atomic E-state index is 3.55. The van der Waals surface area contributed by atoms with Gasteiger partial charge in [-0.25, -0.2) is 0 Å². The third-order valence-corrected chi connectivity index (χ3v) is 2.08. The van der Waals surface area contributed by atoms with Crippen molar-refractivity contribution in [2.24, 2.45) is 5.92 Å². The molecule has 0 amide bonds. The van der Waals surface area contributed by atoms with Gasteiger partial charge in [-0.05, 0) is 25.7 Å². The molecule has 1 atom stereocenters. The fraction of sp³-hybridized carbons (Fsp3) is 1.00. The largest absolute Gasteiger partial charge is 0.311 e. The minimum Gasteiger partial charge on any atom is -0.311 e. The van der Waals surface area contributed by atoms with E-state index in [9.17, 15) is 0 Å². The minimum atomic E-state index is 0.706. The van der Waals surface area contributed by atoms with Crippen LogP contribution in [-0.4, -0.2) is 12.1 Å². The molecule has 54 valence electrons. The quantitative estimate of drug-likeness (QED) is 0.609. The van der Waals surface area contributed by atoms with Crippen molar-refractivity contribution < 1.29 is 0 Å². The van der Waals surface area contributed by atoms with Crippen molar-refractivity contribution in [1.82, 2.24) is 5.32 Å². The van der Waals surface area contributed by atoms with Gasteiger partial charge in [-0.3, -0.25) is 0 Å². The lowest BCUT2D eigenvalue weighted by atomic mass is 10.1. The van der Waals surface area contributed by atoms with Gasteiger partial charge in [0.25, 0.3) is 0 Å². The molecule has 0 aromatic heterocycles. The van der Waals surface area contributed by atoms with Crippen LogP contribution < -0.4 is 5.32 Å². The van der Waals surface area contributed by atoms with Gasteiger partial charge in [0.05, 0.1) is 0 Å². The molecule has 1 rings (SSSR count). The van der Waals surface area contributed by atoms with Crippen LogP contribution in [0.15, 0.2) is 0 Å². The van der Waals surface area contributed by atoms with E-state index in [1.54, 1.807) is 0 Å². The van der Waals surface area contributed by atoms with Crippen LogP contribution in [0.1, 0.15) is 33.6 Å². The number of nitrogens with one attached hydrogen (secondary N) is 1. The van der Waals surface area contributed by atoms with Crippen LogP contribution in [0.2, 0.25) is 0 Å². The van der Waals surface area contributed by atoms with Crippen molar-refractivity contribution in [2.45, 2.75) is 45.7 Å². The molecule has 1 saturated carbocycles. The van der Waals surface area contributed by atoms with Gasteiger partial charge in [-0.2, -0.15) is 0 Å². The van der Waals surface area contributed by atoms with Gasteiger partial charge in [0.2, 0.25) is 0 Å². The highest BCUT2D eigenvalue weighted by atomic mass is 15.0. The SMILES string of the molecule is CC(C)[C@@H](C)NC1CC1. The minimum absolute atomic E-state index is 0.706. The van der Waals surface area contributed by atoms with E-state index in [0.717, 1.165) is 12.0 Å². The van der Waals surface area contributed by atoms with Gasteiger partial charge in [-0.1, -0.05) is 13.8 Å². The van der Waals surface area contributed by atoms with E-state index in [0.29, 0.717) is 6.04 Å². The molecule has 9 heavy (non-hydrogen) atoms. The van der Waals surface area contributed by atoms with Crippen LogP contribution in [-0.2, 0) is 0 Å². The normalized spacial score (nSPS) is 22.7. The zero-order valence-electron chi connectivity index (χ0n) is 6.65. The molecule has 1 N–H and O–H groups in total. The molecule has 0 aromatic rings. The molecular weight excluding hydrogens is 110 g/mol. The van der Waals surface area contributed by atoms with Crippen LogP contribution in [0.4, 0.5) is 0 Å². The molecule has 1 aliphatic carbocycles. The Morgan fingerprint density at radius 3 is 2.11 bits per heavy atom. The summed E-state index contributed by atoms with van der Waals surface area (Å²) in [6.07, 6.45) is 2.80. The monoisotopic (exact) mass is 127 g/mol. The van der Waals surface area contributed by atoms with E-state index in [1.807, 2.05) is 0 Å². The average Bonchev–Trinajstić information content (AvgIpc) is 2.50. The van der Waals surface area contributed by atoms with E-state index < -0.39 is 0 Å². The fourth-order valence-corrected chi connectivity index (χ4v) is 0.814. The van der Waals surface area contributed by atoms with Crippen molar-refractivity contribution in [2.75, 3.05) is 0 Å². The Hall–Kier alpha value is -0.0400. The summed E-state index contributed by atoms with van der Waals surface area (Å²) in [5.74, 6) is 0.783. The molecule has 1 aliphatic rings. The number of hydrogen-bond donors (Lipinski definition) is 1. The average molecular weight is 127 g/mol. The first-order chi connectivity index (χ1) is 4.20. The van der Waals surface area contributed by atoms with Gasteiger partial charge >= 0.3 is 0 Å². The van der Waals surface area contributed by atoms with Crippen LogP contribution >= 0.6 is 0 Å². The molecule has 0 heterocycles. The van der Waals surface area contributed by atoms with Crippen molar-refractivity contribution in [1.29, 1.82) is 0 Å². The Morgan fingerprint density at radius 1 is 1.22 bits per heavy atom. The van der Waals surface area contributed by atoms with Gasteiger partial charge in [-0.15, -0.1) is 0 Å². The fourth-order valence-electron chi connectivity index (χ4n) is 0.814. The van der Waals surface area contributed by atoms with Crippen molar-refractivity contribution in [3.8, 4) is 0 Å². The Balaban J connectivity index is 2.09. The second-order valence-corrected chi connectivity index (χ2v) is 3.47. The summed E-state index contributed by atoms with van der Waals surface area (Å²) in [6.45, 7) is 6.79. The van der Waals surface area contributed by atoms with Crippen molar-refractivity contribution >= 4 is 0 Å². The molecule has 1 fully saturated rings. The summed E-state index contributed by atoms with van der Waals surface area (Å²) in [7, 11) is 0. The second-order valence-electron chi connectivity index (χ2n) is 3.47. The summed E-state index contributed by atoms with van der Waals surface area (Å²) >= 11 is 0. The number of hydrogen-bond acceptors (Lipinski definition) is 1. The van der Waals surface area contributed by atoms with Gasteiger partial charge in [0.1, 0.15) is 0 Å². The topological polar surface area (TPSA) is 12.0 Å². The van der Waals surface area contributed by atoms with E-state index >= 15 is 0 Å². The number of rotatable bonds is 3. The zero-order valence-corrected chi connectivity index (χ0v) is 6.65. The Morgan fingerprint density at radius 2 is 1.78 bits per heavy atom. The third kappa shape index (κ3) is 2.35. The molecule has 0 unspecified atom stereocenters. The third-order valence-electron chi connectivity index (χ3n) is 2.08. The molecule has 0 aliphatic heterocycles. The van der Waals surface area contributed by atoms with Crippen molar-refractivity contribution in [3.05, 3.63) is 0 Å². The maximum Gasteiger partial charge on any atom is 0.00708 e. The Labute approximate surface area is 57.8 Å². The molecular formula is C8H17N. The van der Waals surface area contributed by atoms with Gasteiger partial charge in [0.15, 0.2) is 0 Å². The van der Waals surface area contributed by atoms with Crippen molar-refractivity contribution in [3.63, 3.8) is 0 Å². The second kappa shape index (κ2) is 2.70. The smallest absolute Gasteiger partial charge is 0.00708 e. The van der Waals surface area contributed by atoms with Gasteiger partial charge in [0, 0.05) is 12.1 Å². The van der Waals surface area contributed by atoms with E-state index in [-0.39, 0.29) is 0 Å². The Kier molecular flexibility index (Phi) is 2.12. The first kappa shape index (κ1) is 7.07. The molecule has 0 aromatic carbocycles. The molecule has 0 spiro atoms. The first-order valence-electron chi connectivity index (χ1n) is 3.96.